The van der Waals surface area contributed by atoms with Crippen LogP contribution < -0.4 is 11.1 Å². The summed E-state index contributed by atoms with van der Waals surface area (Å²) in [4.78, 5) is 14.1. The van der Waals surface area contributed by atoms with Crippen molar-refractivity contribution in [3.8, 4) is 0 Å². The van der Waals surface area contributed by atoms with E-state index in [4.69, 9.17) is 10.5 Å². The first-order chi connectivity index (χ1) is 10.4. The number of carbonyl (C=O) groups excluding carboxylic acids is 1. The summed E-state index contributed by atoms with van der Waals surface area (Å²) in [6, 6.07) is 8.03. The number of rotatable bonds is 4. The smallest absolute Gasteiger partial charge is 0.410 e. The van der Waals surface area contributed by atoms with Crippen LogP contribution in [-0.2, 0) is 11.3 Å². The zero-order chi connectivity index (χ0) is 16.2. The van der Waals surface area contributed by atoms with E-state index in [1.165, 1.54) is 0 Å². The third-order valence-corrected chi connectivity index (χ3v) is 3.76. The van der Waals surface area contributed by atoms with E-state index in [2.05, 4.69) is 5.32 Å². The SMILES string of the molecule is CC(C)(C)OC(=O)N1CCCC1CNCc1ccccc1N. The van der Waals surface area contributed by atoms with Crippen LogP contribution >= 0.6 is 0 Å². The minimum absolute atomic E-state index is 0.194. The Morgan fingerprint density at radius 3 is 2.82 bits per heavy atom. The Labute approximate surface area is 132 Å². The molecular formula is C17H27N3O2. The summed E-state index contributed by atoms with van der Waals surface area (Å²) < 4.78 is 5.47. The molecule has 0 saturated carbocycles. The molecule has 0 bridgehead atoms. The number of likely N-dealkylation sites (tertiary alicyclic amines) is 1. The maximum absolute atomic E-state index is 12.2. The highest BCUT2D eigenvalue weighted by Crippen LogP contribution is 2.20. The number of carbonyl (C=O) groups is 1. The first kappa shape index (κ1) is 16.6. The van der Waals surface area contributed by atoms with Crippen molar-refractivity contribution in [2.75, 3.05) is 18.8 Å². The van der Waals surface area contributed by atoms with Crippen LogP contribution in [0.25, 0.3) is 0 Å². The standard InChI is InChI=1S/C17H27N3O2/c1-17(2,3)22-16(21)20-10-6-8-14(20)12-19-11-13-7-4-5-9-15(13)18/h4-5,7,9,14,19H,6,8,10-12,18H2,1-3H3. The highest BCUT2D eigenvalue weighted by molar-refractivity contribution is 5.69. The third kappa shape index (κ3) is 4.63. The van der Waals surface area contributed by atoms with Crippen molar-refractivity contribution in [3.05, 3.63) is 29.8 Å². The zero-order valence-electron chi connectivity index (χ0n) is 13.8. The van der Waals surface area contributed by atoms with Gasteiger partial charge in [0.1, 0.15) is 5.60 Å². The molecule has 5 nitrogen and oxygen atoms in total. The van der Waals surface area contributed by atoms with Crippen LogP contribution in [0, 0.1) is 0 Å². The monoisotopic (exact) mass is 305 g/mol. The fourth-order valence-corrected chi connectivity index (χ4v) is 2.68. The summed E-state index contributed by atoms with van der Waals surface area (Å²) in [5.41, 5.74) is 7.37. The van der Waals surface area contributed by atoms with E-state index in [0.29, 0.717) is 6.54 Å². The summed E-state index contributed by atoms with van der Waals surface area (Å²) in [5.74, 6) is 0. The zero-order valence-corrected chi connectivity index (χ0v) is 13.8. The lowest BCUT2D eigenvalue weighted by Gasteiger charge is -2.28. The summed E-state index contributed by atoms with van der Waals surface area (Å²) in [6.45, 7) is 7.93. The van der Waals surface area contributed by atoms with E-state index in [0.717, 1.165) is 37.2 Å². The van der Waals surface area contributed by atoms with Gasteiger partial charge in [-0.05, 0) is 45.2 Å². The molecule has 1 fully saturated rings. The van der Waals surface area contributed by atoms with Gasteiger partial charge in [-0.15, -0.1) is 0 Å². The number of benzene rings is 1. The Morgan fingerprint density at radius 2 is 2.14 bits per heavy atom. The molecule has 1 aromatic rings. The van der Waals surface area contributed by atoms with Crippen LogP contribution in [0.2, 0.25) is 0 Å². The van der Waals surface area contributed by atoms with Crippen molar-refractivity contribution >= 4 is 11.8 Å². The first-order valence-electron chi connectivity index (χ1n) is 7.90. The molecule has 5 heteroatoms. The van der Waals surface area contributed by atoms with Gasteiger partial charge in [-0.25, -0.2) is 4.79 Å². The number of ether oxygens (including phenoxy) is 1. The van der Waals surface area contributed by atoms with Gasteiger partial charge in [-0.1, -0.05) is 18.2 Å². The molecule has 2 rings (SSSR count). The molecule has 0 aliphatic carbocycles. The number of nitrogen functional groups attached to an aromatic ring is 1. The van der Waals surface area contributed by atoms with Gasteiger partial charge in [-0.2, -0.15) is 0 Å². The van der Waals surface area contributed by atoms with Crippen molar-refractivity contribution in [3.63, 3.8) is 0 Å². The molecule has 0 aromatic heterocycles. The van der Waals surface area contributed by atoms with Crippen LogP contribution in [0.15, 0.2) is 24.3 Å². The summed E-state index contributed by atoms with van der Waals surface area (Å²) in [5, 5.41) is 3.40. The topological polar surface area (TPSA) is 67.6 Å². The fraction of sp³-hybridized carbons (Fsp3) is 0.588. The Kier molecular flexibility index (Phi) is 5.29. The minimum atomic E-state index is -0.448. The van der Waals surface area contributed by atoms with E-state index >= 15 is 0 Å². The Morgan fingerprint density at radius 1 is 1.41 bits per heavy atom. The van der Waals surface area contributed by atoms with Gasteiger partial charge in [0.05, 0.1) is 0 Å². The van der Waals surface area contributed by atoms with Crippen LogP contribution in [0.1, 0.15) is 39.2 Å². The lowest BCUT2D eigenvalue weighted by molar-refractivity contribution is 0.0226. The van der Waals surface area contributed by atoms with E-state index < -0.39 is 5.60 Å². The van der Waals surface area contributed by atoms with Crippen molar-refractivity contribution in [2.24, 2.45) is 0 Å². The summed E-state index contributed by atoms with van der Waals surface area (Å²) in [6.07, 6.45) is 1.83. The maximum atomic E-state index is 12.2. The molecule has 22 heavy (non-hydrogen) atoms. The quantitative estimate of drug-likeness (QED) is 0.839. The molecule has 1 unspecified atom stereocenters. The van der Waals surface area contributed by atoms with E-state index in [-0.39, 0.29) is 12.1 Å². The number of nitrogens with zero attached hydrogens (tertiary/aromatic N) is 1. The number of hydrogen-bond acceptors (Lipinski definition) is 4. The van der Waals surface area contributed by atoms with Crippen molar-refractivity contribution < 1.29 is 9.53 Å². The normalized spacial score (nSPS) is 18.5. The molecule has 1 atom stereocenters. The minimum Gasteiger partial charge on any atom is -0.444 e. The molecule has 1 saturated heterocycles. The summed E-state index contributed by atoms with van der Waals surface area (Å²) in [7, 11) is 0. The first-order valence-corrected chi connectivity index (χ1v) is 7.90. The molecule has 1 amide bonds. The van der Waals surface area contributed by atoms with Crippen LogP contribution in [0.5, 0.6) is 0 Å². The molecular weight excluding hydrogens is 278 g/mol. The van der Waals surface area contributed by atoms with Crippen molar-refractivity contribution in [1.82, 2.24) is 10.2 Å². The van der Waals surface area contributed by atoms with Crippen LogP contribution in [-0.4, -0.2) is 35.7 Å². The summed E-state index contributed by atoms with van der Waals surface area (Å²) >= 11 is 0. The maximum Gasteiger partial charge on any atom is 0.410 e. The Hall–Kier alpha value is -1.75. The molecule has 122 valence electrons. The third-order valence-electron chi connectivity index (χ3n) is 3.76. The average Bonchev–Trinajstić information content (AvgIpc) is 2.87. The predicted molar refractivity (Wildman–Crippen MR) is 88.5 cm³/mol. The van der Waals surface area contributed by atoms with Gasteiger partial charge in [0.25, 0.3) is 0 Å². The van der Waals surface area contributed by atoms with Gasteiger partial charge < -0.3 is 20.7 Å². The second kappa shape index (κ2) is 7.01. The Bertz CT molecular complexity index is 511. The van der Waals surface area contributed by atoms with E-state index in [1.807, 2.05) is 49.9 Å². The number of para-hydroxylation sites is 1. The molecule has 3 N–H and O–H groups in total. The molecule has 1 aromatic carbocycles. The predicted octanol–water partition coefficient (Wildman–Crippen LogP) is 2.76. The van der Waals surface area contributed by atoms with E-state index in [1.54, 1.807) is 0 Å². The molecule has 1 aliphatic rings. The largest absolute Gasteiger partial charge is 0.444 e. The second-order valence-corrected chi connectivity index (χ2v) is 6.80. The Balaban J connectivity index is 1.84. The number of nitrogens with one attached hydrogen (secondary N) is 1. The highest BCUT2D eigenvalue weighted by Gasteiger charge is 2.31. The number of amides is 1. The number of nitrogens with two attached hydrogens (primary N) is 1. The number of anilines is 1. The molecule has 0 spiro atoms. The van der Waals surface area contributed by atoms with Gasteiger partial charge in [-0.3, -0.25) is 0 Å². The van der Waals surface area contributed by atoms with Gasteiger partial charge in [0, 0.05) is 31.4 Å². The highest BCUT2D eigenvalue weighted by atomic mass is 16.6. The van der Waals surface area contributed by atoms with Gasteiger partial charge >= 0.3 is 6.09 Å². The second-order valence-electron chi connectivity index (χ2n) is 6.80. The lowest BCUT2D eigenvalue weighted by Crippen LogP contribution is -2.44. The van der Waals surface area contributed by atoms with Gasteiger partial charge in [0.15, 0.2) is 0 Å². The fourth-order valence-electron chi connectivity index (χ4n) is 2.68. The van der Waals surface area contributed by atoms with Crippen molar-refractivity contribution in [2.45, 2.75) is 51.8 Å². The van der Waals surface area contributed by atoms with Crippen molar-refractivity contribution in [1.29, 1.82) is 0 Å². The van der Waals surface area contributed by atoms with Gasteiger partial charge in [0.2, 0.25) is 0 Å². The molecule has 0 radical (unpaired) electrons. The molecule has 1 aliphatic heterocycles. The average molecular weight is 305 g/mol. The van der Waals surface area contributed by atoms with E-state index in [9.17, 15) is 4.79 Å². The lowest BCUT2D eigenvalue weighted by atomic mass is 10.1. The van der Waals surface area contributed by atoms with Crippen LogP contribution in [0.4, 0.5) is 10.5 Å². The van der Waals surface area contributed by atoms with Crippen LogP contribution in [0.3, 0.4) is 0 Å². The number of hydrogen-bond donors (Lipinski definition) is 2. The molecule has 1 heterocycles.